The number of carbonyl (C=O) groups excluding carboxylic acids is 1. The molecule has 0 aliphatic heterocycles. The van der Waals surface area contributed by atoms with Gasteiger partial charge in [-0.3, -0.25) is 4.68 Å². The molecule has 2 aromatic rings. The van der Waals surface area contributed by atoms with Crippen LogP contribution in [0.25, 0.3) is 0 Å². The summed E-state index contributed by atoms with van der Waals surface area (Å²) in [5, 5.41) is 4.23. The molecule has 0 unspecified atom stereocenters. The molecule has 2 rings (SSSR count). The number of carbonyl (C=O) groups is 1. The predicted molar refractivity (Wildman–Crippen MR) is 82.0 cm³/mol. The van der Waals surface area contributed by atoms with Crippen molar-refractivity contribution in [3.63, 3.8) is 0 Å². The van der Waals surface area contributed by atoms with E-state index in [1.54, 1.807) is 7.05 Å². The van der Waals surface area contributed by atoms with Crippen LogP contribution in [-0.4, -0.2) is 15.7 Å². The molecule has 0 saturated heterocycles. The van der Waals surface area contributed by atoms with E-state index in [-0.39, 0.29) is 6.61 Å². The molecule has 0 radical (unpaired) electrons. The summed E-state index contributed by atoms with van der Waals surface area (Å²) in [4.78, 5) is 12.2. The number of aryl methyl sites for hydroxylation is 4. The van der Waals surface area contributed by atoms with Gasteiger partial charge in [-0.05, 0) is 37.0 Å². The SMILES string of the molecule is CCc1nn(C)c(C(=O)OCc2c(C)cccc2C)c1N. The molecular weight excluding hydrogens is 266 g/mol. The molecule has 0 amide bonds. The molecule has 5 heteroatoms. The number of ether oxygens (including phenoxy) is 1. The van der Waals surface area contributed by atoms with Crippen molar-refractivity contribution in [3.8, 4) is 0 Å². The third-order valence-corrected chi connectivity index (χ3v) is 3.68. The molecule has 0 aliphatic rings. The van der Waals surface area contributed by atoms with Gasteiger partial charge in [0, 0.05) is 7.05 Å². The Morgan fingerprint density at radius 1 is 1.33 bits per heavy atom. The second-order valence-electron chi connectivity index (χ2n) is 5.13. The Labute approximate surface area is 124 Å². The van der Waals surface area contributed by atoms with Crippen LogP contribution in [0.4, 0.5) is 5.69 Å². The summed E-state index contributed by atoms with van der Waals surface area (Å²) in [6, 6.07) is 6.00. The highest BCUT2D eigenvalue weighted by atomic mass is 16.5. The number of anilines is 1. The molecule has 0 aliphatic carbocycles. The minimum Gasteiger partial charge on any atom is -0.456 e. The summed E-state index contributed by atoms with van der Waals surface area (Å²) in [6.07, 6.45) is 0.684. The van der Waals surface area contributed by atoms with Crippen molar-refractivity contribution in [1.82, 2.24) is 9.78 Å². The van der Waals surface area contributed by atoms with Gasteiger partial charge in [0.2, 0.25) is 0 Å². The Kier molecular flexibility index (Phi) is 4.31. The molecule has 0 spiro atoms. The molecular formula is C16H21N3O2. The van der Waals surface area contributed by atoms with Gasteiger partial charge in [-0.2, -0.15) is 5.10 Å². The normalized spacial score (nSPS) is 10.7. The Balaban J connectivity index is 2.18. The van der Waals surface area contributed by atoms with E-state index in [2.05, 4.69) is 5.10 Å². The lowest BCUT2D eigenvalue weighted by atomic mass is 10.0. The monoisotopic (exact) mass is 287 g/mol. The second-order valence-corrected chi connectivity index (χ2v) is 5.13. The van der Waals surface area contributed by atoms with Crippen molar-refractivity contribution in [1.29, 1.82) is 0 Å². The highest BCUT2D eigenvalue weighted by Crippen LogP contribution is 2.20. The average molecular weight is 287 g/mol. The number of nitrogen functional groups attached to an aromatic ring is 1. The van der Waals surface area contributed by atoms with Crippen molar-refractivity contribution in [2.75, 3.05) is 5.73 Å². The zero-order chi connectivity index (χ0) is 15.6. The van der Waals surface area contributed by atoms with Crippen LogP contribution in [0.15, 0.2) is 18.2 Å². The van der Waals surface area contributed by atoms with Crippen molar-refractivity contribution < 1.29 is 9.53 Å². The van der Waals surface area contributed by atoms with Crippen molar-refractivity contribution in [2.24, 2.45) is 7.05 Å². The molecule has 0 bridgehead atoms. The quantitative estimate of drug-likeness (QED) is 0.877. The summed E-state index contributed by atoms with van der Waals surface area (Å²) in [5.41, 5.74) is 10.6. The maximum Gasteiger partial charge on any atom is 0.359 e. The summed E-state index contributed by atoms with van der Waals surface area (Å²) in [7, 11) is 1.70. The first kappa shape index (κ1) is 15.1. The number of nitrogens with two attached hydrogens (primary N) is 1. The van der Waals surface area contributed by atoms with E-state index in [0.717, 1.165) is 22.4 Å². The van der Waals surface area contributed by atoms with E-state index in [9.17, 15) is 4.79 Å². The van der Waals surface area contributed by atoms with E-state index < -0.39 is 5.97 Å². The van der Waals surface area contributed by atoms with E-state index in [1.165, 1.54) is 4.68 Å². The van der Waals surface area contributed by atoms with Gasteiger partial charge in [0.05, 0.1) is 11.4 Å². The number of aromatic nitrogens is 2. The lowest BCUT2D eigenvalue weighted by Crippen LogP contribution is -2.13. The summed E-state index contributed by atoms with van der Waals surface area (Å²) in [5.74, 6) is -0.440. The van der Waals surface area contributed by atoms with E-state index in [1.807, 2.05) is 39.0 Å². The van der Waals surface area contributed by atoms with Gasteiger partial charge < -0.3 is 10.5 Å². The first-order valence-electron chi connectivity index (χ1n) is 6.99. The maximum absolute atomic E-state index is 12.2. The van der Waals surface area contributed by atoms with E-state index in [0.29, 0.717) is 17.8 Å². The number of rotatable bonds is 4. The minimum absolute atomic E-state index is 0.240. The van der Waals surface area contributed by atoms with Gasteiger partial charge in [0.15, 0.2) is 5.69 Å². The third kappa shape index (κ3) is 2.91. The fourth-order valence-corrected chi connectivity index (χ4v) is 2.38. The number of hydrogen-bond acceptors (Lipinski definition) is 4. The topological polar surface area (TPSA) is 70.1 Å². The molecule has 1 aromatic carbocycles. The van der Waals surface area contributed by atoms with Crippen molar-refractivity contribution >= 4 is 11.7 Å². The van der Waals surface area contributed by atoms with E-state index >= 15 is 0 Å². The van der Waals surface area contributed by atoms with Crippen LogP contribution < -0.4 is 5.73 Å². The zero-order valence-electron chi connectivity index (χ0n) is 12.9. The van der Waals surface area contributed by atoms with Crippen LogP contribution in [-0.2, 0) is 24.8 Å². The fraction of sp³-hybridized carbons (Fsp3) is 0.375. The van der Waals surface area contributed by atoms with Gasteiger partial charge >= 0.3 is 5.97 Å². The zero-order valence-corrected chi connectivity index (χ0v) is 12.9. The molecule has 0 atom stereocenters. The van der Waals surface area contributed by atoms with Crippen LogP contribution in [0.5, 0.6) is 0 Å². The number of esters is 1. The van der Waals surface area contributed by atoms with E-state index in [4.69, 9.17) is 10.5 Å². The van der Waals surface area contributed by atoms with Crippen molar-refractivity contribution in [3.05, 3.63) is 46.3 Å². The summed E-state index contributed by atoms with van der Waals surface area (Å²) in [6.45, 7) is 6.20. The third-order valence-electron chi connectivity index (χ3n) is 3.68. The molecule has 5 nitrogen and oxygen atoms in total. The Hall–Kier alpha value is -2.30. The fourth-order valence-electron chi connectivity index (χ4n) is 2.38. The lowest BCUT2D eigenvalue weighted by Gasteiger charge is -2.10. The molecule has 21 heavy (non-hydrogen) atoms. The summed E-state index contributed by atoms with van der Waals surface area (Å²) >= 11 is 0. The van der Waals surface area contributed by atoms with Gasteiger partial charge in [0.1, 0.15) is 6.61 Å². The largest absolute Gasteiger partial charge is 0.456 e. The molecule has 112 valence electrons. The molecule has 0 fully saturated rings. The average Bonchev–Trinajstić information content (AvgIpc) is 2.72. The molecule has 0 saturated carbocycles. The molecule has 2 N–H and O–H groups in total. The van der Waals surface area contributed by atoms with Crippen LogP contribution in [0.2, 0.25) is 0 Å². The molecule has 1 aromatic heterocycles. The van der Waals surface area contributed by atoms with Crippen LogP contribution >= 0.6 is 0 Å². The van der Waals surface area contributed by atoms with Crippen molar-refractivity contribution in [2.45, 2.75) is 33.8 Å². The summed E-state index contributed by atoms with van der Waals surface area (Å²) < 4.78 is 6.90. The maximum atomic E-state index is 12.2. The van der Waals surface area contributed by atoms with Gasteiger partial charge in [-0.1, -0.05) is 25.1 Å². The first-order valence-corrected chi connectivity index (χ1v) is 6.99. The van der Waals surface area contributed by atoms with Crippen LogP contribution in [0.3, 0.4) is 0 Å². The second kappa shape index (κ2) is 5.99. The highest BCUT2D eigenvalue weighted by molar-refractivity contribution is 5.93. The van der Waals surface area contributed by atoms with Gasteiger partial charge in [-0.15, -0.1) is 0 Å². The smallest absolute Gasteiger partial charge is 0.359 e. The Morgan fingerprint density at radius 3 is 2.48 bits per heavy atom. The van der Waals surface area contributed by atoms with Gasteiger partial charge in [0.25, 0.3) is 0 Å². The molecule has 1 heterocycles. The Morgan fingerprint density at radius 2 is 1.95 bits per heavy atom. The first-order chi connectivity index (χ1) is 9.95. The highest BCUT2D eigenvalue weighted by Gasteiger charge is 2.20. The lowest BCUT2D eigenvalue weighted by molar-refractivity contribution is 0.0460. The minimum atomic E-state index is -0.440. The van der Waals surface area contributed by atoms with Crippen LogP contribution in [0.1, 0.15) is 39.8 Å². The predicted octanol–water partition coefficient (Wildman–Crippen LogP) is 2.54. The van der Waals surface area contributed by atoms with Crippen LogP contribution in [0, 0.1) is 13.8 Å². The number of benzene rings is 1. The van der Waals surface area contributed by atoms with Gasteiger partial charge in [-0.25, -0.2) is 4.79 Å². The number of nitrogens with zero attached hydrogens (tertiary/aromatic N) is 2. The Bertz CT molecular complexity index is 654. The number of hydrogen-bond donors (Lipinski definition) is 1. The standard InChI is InChI=1S/C16H21N3O2/c1-5-13-14(17)15(19(4)18-13)16(20)21-9-12-10(2)7-6-8-11(12)3/h6-8H,5,9,17H2,1-4H3.